The number of hydrogen-bond acceptors (Lipinski definition) is 3. The van der Waals surface area contributed by atoms with Crippen LogP contribution >= 0.6 is 0 Å². The van der Waals surface area contributed by atoms with Crippen LogP contribution < -0.4 is 5.32 Å². The van der Waals surface area contributed by atoms with Crippen molar-refractivity contribution in [1.82, 2.24) is 10.2 Å². The molecule has 3 heteroatoms. The van der Waals surface area contributed by atoms with Gasteiger partial charge in [-0.3, -0.25) is 0 Å². The van der Waals surface area contributed by atoms with Crippen LogP contribution in [0.25, 0.3) is 0 Å². The Kier molecular flexibility index (Phi) is 3.79. The molecule has 0 aromatic heterocycles. The maximum atomic E-state index is 5.41. The minimum atomic E-state index is 0.489. The van der Waals surface area contributed by atoms with Gasteiger partial charge in [0.1, 0.15) is 0 Å². The Bertz CT molecular complexity index is 171. The Morgan fingerprint density at radius 3 is 2.93 bits per heavy atom. The van der Waals surface area contributed by atoms with Crippen molar-refractivity contribution in [3.05, 3.63) is 0 Å². The van der Waals surface area contributed by atoms with Crippen molar-refractivity contribution < 1.29 is 4.74 Å². The molecule has 3 nitrogen and oxygen atoms in total. The fourth-order valence-electron chi connectivity index (χ4n) is 2.33. The van der Waals surface area contributed by atoms with Gasteiger partial charge in [0.25, 0.3) is 0 Å². The van der Waals surface area contributed by atoms with Crippen molar-refractivity contribution in [3.63, 3.8) is 0 Å². The second kappa shape index (κ2) is 5.10. The van der Waals surface area contributed by atoms with E-state index in [-0.39, 0.29) is 0 Å². The molecule has 0 aromatic carbocycles. The average Bonchev–Trinajstić information content (AvgIpc) is 2.16. The van der Waals surface area contributed by atoms with Gasteiger partial charge in [0.05, 0.1) is 6.10 Å². The van der Waals surface area contributed by atoms with Crippen LogP contribution in [0.15, 0.2) is 0 Å². The van der Waals surface area contributed by atoms with E-state index in [2.05, 4.69) is 10.2 Å². The normalized spacial score (nSPS) is 30.2. The zero-order chi connectivity index (χ0) is 9.80. The molecule has 0 amide bonds. The summed E-state index contributed by atoms with van der Waals surface area (Å²) in [6, 6.07) is 0. The number of likely N-dealkylation sites (tertiary alicyclic amines) is 1. The third-order valence-electron chi connectivity index (χ3n) is 3.52. The first-order chi connectivity index (χ1) is 6.88. The molecule has 0 aliphatic carbocycles. The second-order valence-electron chi connectivity index (χ2n) is 4.61. The van der Waals surface area contributed by atoms with Crippen LogP contribution in [0.1, 0.15) is 19.3 Å². The van der Waals surface area contributed by atoms with Gasteiger partial charge in [0.15, 0.2) is 0 Å². The highest BCUT2D eigenvalue weighted by atomic mass is 16.5. The van der Waals surface area contributed by atoms with E-state index in [1.165, 1.54) is 45.4 Å². The lowest BCUT2D eigenvalue weighted by Crippen LogP contribution is -2.45. The summed E-state index contributed by atoms with van der Waals surface area (Å²) < 4.78 is 5.41. The predicted molar refractivity (Wildman–Crippen MR) is 57.4 cm³/mol. The van der Waals surface area contributed by atoms with Crippen LogP contribution in [-0.4, -0.2) is 50.8 Å². The topological polar surface area (TPSA) is 24.5 Å². The van der Waals surface area contributed by atoms with Gasteiger partial charge >= 0.3 is 0 Å². The molecule has 0 saturated carbocycles. The first-order valence-corrected chi connectivity index (χ1v) is 5.84. The van der Waals surface area contributed by atoms with Gasteiger partial charge in [0.2, 0.25) is 0 Å². The molecule has 14 heavy (non-hydrogen) atoms. The summed E-state index contributed by atoms with van der Waals surface area (Å²) in [5, 5.41) is 3.33. The lowest BCUT2D eigenvalue weighted by Gasteiger charge is -2.34. The Balaban J connectivity index is 1.63. The molecule has 1 unspecified atom stereocenters. The number of nitrogens with one attached hydrogen (secondary N) is 1. The molecule has 2 saturated heterocycles. The third-order valence-corrected chi connectivity index (χ3v) is 3.52. The molecule has 1 N–H and O–H groups in total. The van der Waals surface area contributed by atoms with E-state index in [9.17, 15) is 0 Å². The third kappa shape index (κ3) is 2.69. The molecule has 0 radical (unpaired) electrons. The molecule has 0 spiro atoms. The minimum Gasteiger partial charge on any atom is -0.380 e. The fourth-order valence-corrected chi connectivity index (χ4v) is 2.33. The van der Waals surface area contributed by atoms with Gasteiger partial charge < -0.3 is 15.0 Å². The van der Waals surface area contributed by atoms with Gasteiger partial charge in [-0.05, 0) is 51.4 Å². The smallest absolute Gasteiger partial charge is 0.0698 e. The van der Waals surface area contributed by atoms with E-state index in [0.29, 0.717) is 6.10 Å². The molecule has 2 aliphatic heterocycles. The van der Waals surface area contributed by atoms with Gasteiger partial charge in [-0.15, -0.1) is 0 Å². The summed E-state index contributed by atoms with van der Waals surface area (Å²) in [4.78, 5) is 2.57. The van der Waals surface area contributed by atoms with Crippen LogP contribution in [0.3, 0.4) is 0 Å². The van der Waals surface area contributed by atoms with Crippen LogP contribution in [-0.2, 0) is 4.74 Å². The maximum absolute atomic E-state index is 5.41. The van der Waals surface area contributed by atoms with Crippen molar-refractivity contribution in [2.45, 2.75) is 25.4 Å². The highest BCUT2D eigenvalue weighted by Gasteiger charge is 2.22. The number of hydrogen-bond donors (Lipinski definition) is 1. The Labute approximate surface area is 86.8 Å². The molecule has 2 rings (SSSR count). The molecule has 0 bridgehead atoms. The Morgan fingerprint density at radius 2 is 2.29 bits per heavy atom. The van der Waals surface area contributed by atoms with Crippen LogP contribution in [0, 0.1) is 5.92 Å². The Morgan fingerprint density at radius 1 is 1.43 bits per heavy atom. The average molecular weight is 198 g/mol. The predicted octanol–water partition coefficient (Wildman–Crippen LogP) is 0.707. The van der Waals surface area contributed by atoms with Crippen molar-refractivity contribution in [2.24, 2.45) is 5.92 Å². The zero-order valence-electron chi connectivity index (χ0n) is 9.17. The molecule has 2 fully saturated rings. The van der Waals surface area contributed by atoms with E-state index in [1.807, 2.05) is 7.11 Å². The standard InChI is InChI=1S/C11H22N2O/c1-14-11-3-2-5-13(9-11)6-4-10-7-12-8-10/h10-12H,2-9H2,1H3. The monoisotopic (exact) mass is 198 g/mol. The van der Waals surface area contributed by atoms with Gasteiger partial charge in [-0.1, -0.05) is 0 Å². The van der Waals surface area contributed by atoms with Crippen molar-refractivity contribution in [2.75, 3.05) is 39.8 Å². The first kappa shape index (κ1) is 10.4. The van der Waals surface area contributed by atoms with Gasteiger partial charge in [-0.25, -0.2) is 0 Å². The summed E-state index contributed by atoms with van der Waals surface area (Å²) in [6.45, 7) is 6.17. The van der Waals surface area contributed by atoms with Crippen molar-refractivity contribution in [1.29, 1.82) is 0 Å². The van der Waals surface area contributed by atoms with Gasteiger partial charge in [0, 0.05) is 13.7 Å². The summed E-state index contributed by atoms with van der Waals surface area (Å²) in [5.41, 5.74) is 0. The lowest BCUT2D eigenvalue weighted by molar-refractivity contribution is 0.0287. The summed E-state index contributed by atoms with van der Waals surface area (Å²) in [5.74, 6) is 0.943. The number of piperidine rings is 1. The van der Waals surface area contributed by atoms with Crippen molar-refractivity contribution in [3.8, 4) is 0 Å². The number of nitrogens with zero attached hydrogens (tertiary/aromatic N) is 1. The highest BCUT2D eigenvalue weighted by molar-refractivity contribution is 4.78. The maximum Gasteiger partial charge on any atom is 0.0698 e. The molecule has 1 atom stereocenters. The summed E-state index contributed by atoms with van der Waals surface area (Å²) >= 11 is 0. The fraction of sp³-hybridized carbons (Fsp3) is 1.00. The number of ether oxygens (including phenoxy) is 1. The van der Waals surface area contributed by atoms with E-state index >= 15 is 0 Å². The zero-order valence-corrected chi connectivity index (χ0v) is 9.17. The largest absolute Gasteiger partial charge is 0.380 e. The van der Waals surface area contributed by atoms with E-state index in [1.54, 1.807) is 0 Å². The van der Waals surface area contributed by atoms with Crippen LogP contribution in [0.4, 0.5) is 0 Å². The van der Waals surface area contributed by atoms with Crippen molar-refractivity contribution >= 4 is 0 Å². The minimum absolute atomic E-state index is 0.489. The molecule has 2 aliphatic rings. The molecular weight excluding hydrogens is 176 g/mol. The quantitative estimate of drug-likeness (QED) is 0.720. The van der Waals surface area contributed by atoms with E-state index in [4.69, 9.17) is 4.74 Å². The molecule has 82 valence electrons. The number of methoxy groups -OCH3 is 1. The highest BCUT2D eigenvalue weighted by Crippen LogP contribution is 2.15. The van der Waals surface area contributed by atoms with Gasteiger partial charge in [-0.2, -0.15) is 0 Å². The first-order valence-electron chi connectivity index (χ1n) is 5.84. The Hall–Kier alpha value is -0.120. The van der Waals surface area contributed by atoms with E-state index in [0.717, 1.165) is 12.5 Å². The lowest BCUT2D eigenvalue weighted by atomic mass is 9.98. The molecule has 0 aromatic rings. The molecular formula is C11H22N2O. The van der Waals surface area contributed by atoms with Crippen LogP contribution in [0.2, 0.25) is 0 Å². The summed E-state index contributed by atoms with van der Waals surface area (Å²) in [7, 11) is 1.84. The number of rotatable bonds is 4. The summed E-state index contributed by atoms with van der Waals surface area (Å²) in [6.07, 6.45) is 4.41. The SMILES string of the molecule is COC1CCCN(CCC2CNC2)C1. The van der Waals surface area contributed by atoms with Crippen LogP contribution in [0.5, 0.6) is 0 Å². The molecule has 2 heterocycles. The second-order valence-corrected chi connectivity index (χ2v) is 4.61. The van der Waals surface area contributed by atoms with E-state index < -0.39 is 0 Å².